The fourth-order valence-electron chi connectivity index (χ4n) is 2.42. The van der Waals surface area contributed by atoms with Crippen LogP contribution in [-0.4, -0.2) is 44.9 Å². The fraction of sp³-hybridized carbons (Fsp3) is 0.235. The van der Waals surface area contributed by atoms with Crippen LogP contribution < -0.4 is 4.72 Å². The van der Waals surface area contributed by atoms with Crippen LogP contribution in [0.5, 0.6) is 0 Å². The Morgan fingerprint density at radius 1 is 1.19 bits per heavy atom. The van der Waals surface area contributed by atoms with Crippen LogP contribution in [-0.2, 0) is 19.7 Å². The molecule has 0 unspecified atom stereocenters. The maximum Gasteiger partial charge on any atom is 0.304 e. The van der Waals surface area contributed by atoms with Gasteiger partial charge in [0.05, 0.1) is 13.2 Å². The molecular weight excluding hydrogens is 379 g/mol. The zero-order valence-corrected chi connectivity index (χ0v) is 15.4. The third-order valence-electron chi connectivity index (χ3n) is 3.70. The number of hydrogen-bond donors (Lipinski definition) is 1. The lowest BCUT2D eigenvalue weighted by Gasteiger charge is -2.25. The summed E-state index contributed by atoms with van der Waals surface area (Å²) >= 11 is 1.30. The van der Waals surface area contributed by atoms with Gasteiger partial charge < -0.3 is 4.74 Å². The molecule has 1 saturated heterocycles. The molecule has 138 valence electrons. The van der Waals surface area contributed by atoms with Crippen molar-refractivity contribution in [3.05, 3.63) is 53.2 Å². The van der Waals surface area contributed by atoms with E-state index in [4.69, 9.17) is 4.74 Å². The molecule has 0 atom stereocenters. The molecule has 6 nitrogen and oxygen atoms in total. The van der Waals surface area contributed by atoms with Gasteiger partial charge in [0, 0.05) is 34.5 Å². The first-order chi connectivity index (χ1) is 12.5. The van der Waals surface area contributed by atoms with Crippen molar-refractivity contribution in [3.8, 4) is 10.4 Å². The lowest BCUT2D eigenvalue weighted by molar-refractivity contribution is -0.114. The summed E-state index contributed by atoms with van der Waals surface area (Å²) in [5.74, 6) is -1.06. The van der Waals surface area contributed by atoms with E-state index in [0.717, 1.165) is 11.0 Å². The highest BCUT2D eigenvalue weighted by Gasteiger charge is 2.25. The predicted octanol–water partition coefficient (Wildman–Crippen LogP) is 2.26. The predicted molar refractivity (Wildman–Crippen MR) is 98.2 cm³/mol. The topological polar surface area (TPSA) is 75.7 Å². The van der Waals surface area contributed by atoms with Gasteiger partial charge in [0.2, 0.25) is 0 Å². The molecule has 0 bridgehead atoms. The first kappa shape index (κ1) is 18.7. The minimum atomic E-state index is -3.87. The highest BCUT2D eigenvalue weighted by molar-refractivity contribution is 7.87. The summed E-state index contributed by atoms with van der Waals surface area (Å²) in [5.41, 5.74) is 0.483. The van der Waals surface area contributed by atoms with Gasteiger partial charge in [-0.1, -0.05) is 18.2 Å². The lowest BCUT2D eigenvalue weighted by atomic mass is 10.2. The summed E-state index contributed by atoms with van der Waals surface area (Å²) in [5, 5.41) is 0. The molecule has 1 aliphatic rings. The SMILES string of the molecule is O=C(/C=C/c1ccc(-c2ccccc2F)s1)NS(=O)(=O)N1CCOCC1. The summed E-state index contributed by atoms with van der Waals surface area (Å²) in [4.78, 5) is 13.4. The second-order valence-electron chi connectivity index (χ2n) is 5.50. The normalized spacial score (nSPS) is 16.0. The lowest BCUT2D eigenvalue weighted by Crippen LogP contribution is -2.48. The number of amides is 1. The van der Waals surface area contributed by atoms with Gasteiger partial charge in [0.1, 0.15) is 5.82 Å². The Morgan fingerprint density at radius 3 is 2.65 bits per heavy atom. The Labute approximate surface area is 155 Å². The third-order valence-corrected chi connectivity index (χ3v) is 6.29. The number of thiophene rings is 1. The molecule has 3 rings (SSSR count). The Morgan fingerprint density at radius 2 is 1.92 bits per heavy atom. The van der Waals surface area contributed by atoms with Gasteiger partial charge in [-0.2, -0.15) is 12.7 Å². The molecule has 0 radical (unpaired) electrons. The highest BCUT2D eigenvalue weighted by atomic mass is 32.2. The van der Waals surface area contributed by atoms with Gasteiger partial charge in [-0.3, -0.25) is 4.79 Å². The Hall–Kier alpha value is -2.07. The molecule has 2 heterocycles. The van der Waals surface area contributed by atoms with Crippen molar-refractivity contribution in [1.82, 2.24) is 9.03 Å². The van der Waals surface area contributed by atoms with Crippen molar-refractivity contribution in [3.63, 3.8) is 0 Å². The first-order valence-electron chi connectivity index (χ1n) is 7.88. The number of morpholine rings is 1. The number of nitrogens with one attached hydrogen (secondary N) is 1. The number of nitrogens with zero attached hydrogens (tertiary/aromatic N) is 1. The van der Waals surface area contributed by atoms with E-state index >= 15 is 0 Å². The van der Waals surface area contributed by atoms with Crippen LogP contribution >= 0.6 is 11.3 Å². The number of benzene rings is 1. The van der Waals surface area contributed by atoms with Gasteiger partial charge in [-0.25, -0.2) is 9.11 Å². The second-order valence-corrected chi connectivity index (χ2v) is 8.28. The number of hydrogen-bond acceptors (Lipinski definition) is 5. The van der Waals surface area contributed by atoms with Crippen LogP contribution in [0.2, 0.25) is 0 Å². The van der Waals surface area contributed by atoms with Crippen LogP contribution in [0.4, 0.5) is 4.39 Å². The maximum absolute atomic E-state index is 13.8. The molecule has 1 aliphatic heterocycles. The molecule has 0 spiro atoms. The smallest absolute Gasteiger partial charge is 0.304 e. The van der Waals surface area contributed by atoms with Crippen molar-refractivity contribution in [2.75, 3.05) is 26.3 Å². The molecule has 9 heteroatoms. The summed E-state index contributed by atoms with van der Waals surface area (Å²) in [6, 6.07) is 9.92. The van der Waals surface area contributed by atoms with Crippen LogP contribution in [0, 0.1) is 5.82 Å². The number of rotatable bonds is 5. The van der Waals surface area contributed by atoms with Crippen molar-refractivity contribution >= 4 is 33.5 Å². The fourth-order valence-corrected chi connectivity index (χ4v) is 4.44. The van der Waals surface area contributed by atoms with Gasteiger partial charge in [0.25, 0.3) is 5.91 Å². The van der Waals surface area contributed by atoms with Gasteiger partial charge in [-0.15, -0.1) is 11.3 Å². The molecule has 1 aromatic heterocycles. The van der Waals surface area contributed by atoms with Crippen molar-refractivity contribution in [2.24, 2.45) is 0 Å². The van der Waals surface area contributed by atoms with Crippen molar-refractivity contribution < 1.29 is 22.3 Å². The average Bonchev–Trinajstić information content (AvgIpc) is 3.09. The number of carbonyl (C=O) groups is 1. The van der Waals surface area contributed by atoms with E-state index in [0.29, 0.717) is 23.7 Å². The summed E-state index contributed by atoms with van der Waals surface area (Å²) in [6.07, 6.45) is 2.65. The molecule has 26 heavy (non-hydrogen) atoms. The Bertz CT molecular complexity index is 918. The van der Waals surface area contributed by atoms with Gasteiger partial charge >= 0.3 is 10.2 Å². The van der Waals surface area contributed by atoms with E-state index in [1.165, 1.54) is 27.8 Å². The van der Waals surface area contributed by atoms with E-state index in [1.807, 2.05) is 4.72 Å². The van der Waals surface area contributed by atoms with E-state index < -0.39 is 16.1 Å². The van der Waals surface area contributed by atoms with Crippen LogP contribution in [0.1, 0.15) is 4.88 Å². The molecule has 0 aliphatic carbocycles. The summed E-state index contributed by atoms with van der Waals surface area (Å²) in [7, 11) is -3.87. The quantitative estimate of drug-likeness (QED) is 0.787. The highest BCUT2D eigenvalue weighted by Crippen LogP contribution is 2.30. The minimum absolute atomic E-state index is 0.212. The van der Waals surface area contributed by atoms with Crippen LogP contribution in [0.3, 0.4) is 0 Å². The van der Waals surface area contributed by atoms with Crippen LogP contribution in [0.15, 0.2) is 42.5 Å². The van der Waals surface area contributed by atoms with E-state index in [-0.39, 0.29) is 18.9 Å². The van der Waals surface area contributed by atoms with Gasteiger partial charge in [-0.05, 0) is 24.3 Å². The first-order valence-corrected chi connectivity index (χ1v) is 10.1. The van der Waals surface area contributed by atoms with Gasteiger partial charge in [0.15, 0.2) is 0 Å². The molecule has 0 saturated carbocycles. The number of halogens is 1. The Balaban J connectivity index is 1.65. The molecule has 1 N–H and O–H groups in total. The minimum Gasteiger partial charge on any atom is -0.379 e. The zero-order chi connectivity index (χ0) is 18.6. The zero-order valence-electron chi connectivity index (χ0n) is 13.7. The number of carbonyl (C=O) groups excluding carboxylic acids is 1. The monoisotopic (exact) mass is 396 g/mol. The van der Waals surface area contributed by atoms with E-state index in [1.54, 1.807) is 30.3 Å². The third kappa shape index (κ3) is 4.55. The Kier molecular flexibility index (Phi) is 5.82. The molecule has 1 amide bonds. The largest absolute Gasteiger partial charge is 0.379 e. The average molecular weight is 396 g/mol. The molecule has 2 aromatic rings. The summed E-state index contributed by atoms with van der Waals surface area (Å²) in [6.45, 7) is 1.03. The summed E-state index contributed by atoms with van der Waals surface area (Å²) < 4.78 is 46.3. The number of ether oxygens (including phenoxy) is 1. The standard InChI is InChI=1S/C17H17FN2O4S2/c18-15-4-2-1-3-14(15)16-7-5-13(25-16)6-8-17(21)19-26(22,23)20-9-11-24-12-10-20/h1-8H,9-12H2,(H,19,21)/b8-6+. The van der Waals surface area contributed by atoms with Crippen LogP contribution in [0.25, 0.3) is 16.5 Å². The van der Waals surface area contributed by atoms with Crippen molar-refractivity contribution in [1.29, 1.82) is 0 Å². The molecular formula is C17H17FN2O4S2. The maximum atomic E-state index is 13.8. The molecule has 1 fully saturated rings. The van der Waals surface area contributed by atoms with Crippen molar-refractivity contribution in [2.45, 2.75) is 0 Å². The molecule has 1 aromatic carbocycles. The second kappa shape index (κ2) is 8.09. The van der Waals surface area contributed by atoms with E-state index in [2.05, 4.69) is 0 Å². The van der Waals surface area contributed by atoms with E-state index in [9.17, 15) is 17.6 Å².